The van der Waals surface area contributed by atoms with Gasteiger partial charge < -0.3 is 15.0 Å². The topological polar surface area (TPSA) is 71.5 Å². The number of hydrogen-bond acceptors (Lipinski definition) is 4. The third kappa shape index (κ3) is 7.27. The first-order valence-corrected chi connectivity index (χ1v) is 11.9. The minimum atomic E-state index is -0.721. The number of nitrogens with zero attached hydrogens (tertiary/aromatic N) is 2. The number of amides is 2. The Morgan fingerprint density at radius 1 is 0.750 bits per heavy atom. The van der Waals surface area contributed by atoms with E-state index in [9.17, 15) is 9.59 Å². The molecule has 0 unspecified atom stereocenters. The number of para-hydroxylation sites is 1. The van der Waals surface area contributed by atoms with Crippen LogP contribution in [0.5, 0.6) is 5.75 Å². The average Bonchev–Trinajstić information content (AvgIpc) is 2.94. The Morgan fingerprint density at radius 3 is 1.97 bits per heavy atom. The Balaban J connectivity index is 1.59. The van der Waals surface area contributed by atoms with Crippen molar-refractivity contribution >= 4 is 11.8 Å². The van der Waals surface area contributed by atoms with E-state index in [2.05, 4.69) is 10.3 Å². The van der Waals surface area contributed by atoms with E-state index >= 15 is 0 Å². The van der Waals surface area contributed by atoms with Gasteiger partial charge in [-0.3, -0.25) is 14.6 Å². The molecular weight excluding hydrogens is 450 g/mol. The smallest absolute Gasteiger partial charge is 0.261 e. The van der Waals surface area contributed by atoms with Gasteiger partial charge in [-0.15, -0.1) is 0 Å². The van der Waals surface area contributed by atoms with Crippen LogP contribution >= 0.6 is 0 Å². The number of nitrogens with one attached hydrogen (secondary N) is 1. The van der Waals surface area contributed by atoms with Crippen LogP contribution < -0.4 is 10.1 Å². The van der Waals surface area contributed by atoms with Crippen molar-refractivity contribution in [1.82, 2.24) is 15.2 Å². The van der Waals surface area contributed by atoms with Crippen LogP contribution in [0, 0.1) is 0 Å². The molecule has 0 saturated carbocycles. The fraction of sp³-hybridized carbons (Fsp3) is 0.167. The molecule has 0 aliphatic heterocycles. The third-order valence-electron chi connectivity index (χ3n) is 5.79. The largest absolute Gasteiger partial charge is 0.484 e. The maximum atomic E-state index is 13.6. The molecule has 4 rings (SSSR count). The summed E-state index contributed by atoms with van der Waals surface area (Å²) >= 11 is 0. The lowest BCUT2D eigenvalue weighted by Gasteiger charge is -2.31. The zero-order valence-corrected chi connectivity index (χ0v) is 20.0. The summed E-state index contributed by atoms with van der Waals surface area (Å²) in [6.45, 7) is 0.471. The zero-order valence-electron chi connectivity index (χ0n) is 20.0. The Morgan fingerprint density at radius 2 is 1.33 bits per heavy atom. The van der Waals surface area contributed by atoms with E-state index in [0.29, 0.717) is 18.7 Å². The fourth-order valence-corrected chi connectivity index (χ4v) is 3.89. The van der Waals surface area contributed by atoms with Crippen LogP contribution in [0.15, 0.2) is 116 Å². The van der Waals surface area contributed by atoms with Crippen molar-refractivity contribution in [2.24, 2.45) is 0 Å². The summed E-state index contributed by atoms with van der Waals surface area (Å²) in [5, 5.41) is 3.01. The van der Waals surface area contributed by atoms with Gasteiger partial charge in [0.15, 0.2) is 6.61 Å². The molecule has 0 bridgehead atoms. The van der Waals surface area contributed by atoms with Crippen LogP contribution in [0.25, 0.3) is 0 Å². The van der Waals surface area contributed by atoms with E-state index in [-0.39, 0.29) is 25.0 Å². The molecule has 0 aliphatic carbocycles. The first-order valence-electron chi connectivity index (χ1n) is 11.9. The molecule has 0 radical (unpaired) electrons. The second-order valence-corrected chi connectivity index (χ2v) is 8.39. The highest BCUT2D eigenvalue weighted by Crippen LogP contribution is 2.16. The number of rotatable bonds is 11. The summed E-state index contributed by atoms with van der Waals surface area (Å²) in [4.78, 5) is 32.8. The monoisotopic (exact) mass is 479 g/mol. The van der Waals surface area contributed by atoms with Gasteiger partial charge in [-0.05, 0) is 41.0 Å². The molecule has 1 aromatic heterocycles. The summed E-state index contributed by atoms with van der Waals surface area (Å²) < 4.78 is 5.77. The van der Waals surface area contributed by atoms with Crippen LogP contribution in [-0.2, 0) is 29.1 Å². The maximum Gasteiger partial charge on any atom is 0.261 e. The second-order valence-electron chi connectivity index (χ2n) is 8.39. The van der Waals surface area contributed by atoms with Crippen molar-refractivity contribution in [3.8, 4) is 5.75 Å². The quantitative estimate of drug-likeness (QED) is 0.346. The van der Waals surface area contributed by atoms with Crippen LogP contribution in [0.4, 0.5) is 0 Å². The zero-order chi connectivity index (χ0) is 25.0. The fourth-order valence-electron chi connectivity index (χ4n) is 3.89. The molecule has 1 N–H and O–H groups in total. The van der Waals surface area contributed by atoms with E-state index in [4.69, 9.17) is 4.74 Å². The van der Waals surface area contributed by atoms with Crippen LogP contribution in [0.1, 0.15) is 16.7 Å². The minimum Gasteiger partial charge on any atom is -0.484 e. The van der Waals surface area contributed by atoms with Gasteiger partial charge in [0.25, 0.3) is 5.91 Å². The highest BCUT2D eigenvalue weighted by Gasteiger charge is 2.30. The first-order chi connectivity index (χ1) is 17.7. The molecule has 0 saturated heterocycles. The van der Waals surface area contributed by atoms with Crippen LogP contribution in [-0.4, -0.2) is 34.3 Å². The van der Waals surface area contributed by atoms with Gasteiger partial charge in [0, 0.05) is 31.9 Å². The lowest BCUT2D eigenvalue weighted by Crippen LogP contribution is -2.51. The Hall–Kier alpha value is -4.45. The van der Waals surface area contributed by atoms with Crippen molar-refractivity contribution in [2.45, 2.75) is 25.6 Å². The molecule has 0 fully saturated rings. The van der Waals surface area contributed by atoms with Crippen molar-refractivity contribution < 1.29 is 14.3 Å². The van der Waals surface area contributed by atoms with Gasteiger partial charge in [0.05, 0.1) is 0 Å². The molecule has 0 aliphatic rings. The van der Waals surface area contributed by atoms with Crippen LogP contribution in [0.2, 0.25) is 0 Å². The van der Waals surface area contributed by atoms with Crippen molar-refractivity contribution in [3.05, 3.63) is 132 Å². The molecule has 6 heteroatoms. The highest BCUT2D eigenvalue weighted by molar-refractivity contribution is 5.88. The van der Waals surface area contributed by atoms with Crippen molar-refractivity contribution in [1.29, 1.82) is 0 Å². The Bertz CT molecular complexity index is 1120. The van der Waals surface area contributed by atoms with Gasteiger partial charge in [0.2, 0.25) is 5.91 Å². The molecule has 2 amide bonds. The molecule has 1 heterocycles. The van der Waals surface area contributed by atoms with Gasteiger partial charge >= 0.3 is 0 Å². The minimum absolute atomic E-state index is 0.167. The molecule has 3 aromatic carbocycles. The predicted molar refractivity (Wildman–Crippen MR) is 139 cm³/mol. The number of aromatic nitrogens is 1. The second kappa shape index (κ2) is 12.9. The summed E-state index contributed by atoms with van der Waals surface area (Å²) in [5.74, 6) is 0.120. The Labute approximate surface area is 211 Å². The third-order valence-corrected chi connectivity index (χ3v) is 5.79. The number of carbonyl (C=O) groups excluding carboxylic acids is 2. The lowest BCUT2D eigenvalue weighted by molar-refractivity contribution is -0.142. The lowest BCUT2D eigenvalue weighted by atomic mass is 10.0. The van der Waals surface area contributed by atoms with Gasteiger partial charge in [-0.2, -0.15) is 0 Å². The van der Waals surface area contributed by atoms with Gasteiger partial charge in [0.1, 0.15) is 11.8 Å². The molecule has 36 heavy (non-hydrogen) atoms. The number of hydrogen-bond donors (Lipinski definition) is 1. The van der Waals surface area contributed by atoms with Crippen molar-refractivity contribution in [2.75, 3.05) is 6.61 Å². The van der Waals surface area contributed by atoms with E-state index < -0.39 is 6.04 Å². The first kappa shape index (κ1) is 24.7. The molecule has 1 atom stereocenters. The normalized spacial score (nSPS) is 11.3. The summed E-state index contributed by atoms with van der Waals surface area (Å²) in [7, 11) is 0. The van der Waals surface area contributed by atoms with Crippen LogP contribution in [0.3, 0.4) is 0 Å². The number of ether oxygens (including phenoxy) is 1. The predicted octanol–water partition coefficient (Wildman–Crippen LogP) is 4.42. The van der Waals surface area contributed by atoms with Gasteiger partial charge in [-0.1, -0.05) is 78.9 Å². The van der Waals surface area contributed by atoms with E-state index in [1.165, 1.54) is 0 Å². The molecular formula is C30H29N3O3. The highest BCUT2D eigenvalue weighted by atomic mass is 16.5. The van der Waals surface area contributed by atoms with Gasteiger partial charge in [-0.25, -0.2) is 0 Å². The molecule has 182 valence electrons. The molecule has 6 nitrogen and oxygen atoms in total. The average molecular weight is 480 g/mol. The van der Waals surface area contributed by atoms with E-state index in [1.54, 1.807) is 29.4 Å². The number of carbonyl (C=O) groups is 2. The summed E-state index contributed by atoms with van der Waals surface area (Å²) in [5.41, 5.74) is 2.84. The molecule has 0 spiro atoms. The summed E-state index contributed by atoms with van der Waals surface area (Å²) in [6, 6.07) is 31.6. The number of benzene rings is 3. The van der Waals surface area contributed by atoms with E-state index in [1.807, 2.05) is 91.0 Å². The standard InChI is InChI=1S/C30H29N3O3/c34-29(23-36-27-14-8-3-9-15-27)33(22-26-12-6-2-7-13-26)28(20-24-10-4-1-5-11-24)30(35)32-21-25-16-18-31-19-17-25/h1-19,28H,20-23H2,(H,32,35)/t28-/m1/s1. The van der Waals surface area contributed by atoms with E-state index in [0.717, 1.165) is 16.7 Å². The van der Waals surface area contributed by atoms with Crippen molar-refractivity contribution in [3.63, 3.8) is 0 Å². The molecule has 4 aromatic rings. The number of pyridine rings is 1. The maximum absolute atomic E-state index is 13.6. The SMILES string of the molecule is O=C(NCc1ccncc1)[C@@H](Cc1ccccc1)N(Cc1ccccc1)C(=O)COc1ccccc1. The Kier molecular flexibility index (Phi) is 8.81. The summed E-state index contributed by atoms with van der Waals surface area (Å²) in [6.07, 6.45) is 3.76.